The number of alkyl halides is 4. The van der Waals surface area contributed by atoms with Crippen LogP contribution in [0.3, 0.4) is 0 Å². The predicted octanol–water partition coefficient (Wildman–Crippen LogP) is 2.79. The molecular weight excluding hydrogens is 273 g/mol. The second kappa shape index (κ2) is 5.78. The lowest BCUT2D eigenvalue weighted by molar-refractivity contribution is -0.274. The van der Waals surface area contributed by atoms with Crippen LogP contribution in [0.1, 0.15) is 11.3 Å². The van der Waals surface area contributed by atoms with Crippen LogP contribution in [0.25, 0.3) is 0 Å². The summed E-state index contributed by atoms with van der Waals surface area (Å²) in [6.45, 7) is 0. The Hall–Kier alpha value is -1.68. The number of hydrogen-bond donors (Lipinski definition) is 0. The minimum Gasteiger partial charge on any atom is -0.481 e. The first-order valence-electron chi connectivity index (χ1n) is 4.66. The van der Waals surface area contributed by atoms with Crippen LogP contribution in [0.2, 0.25) is 0 Å². The third kappa shape index (κ3) is 3.67. The number of nitrogens with zero attached hydrogens (tertiary/aromatic N) is 2. The number of methoxy groups -OCH3 is 1. The predicted molar refractivity (Wildman–Crippen MR) is 56.3 cm³/mol. The summed E-state index contributed by atoms with van der Waals surface area (Å²) in [4.78, 5) is 3.87. The molecule has 0 N–H and O–H groups in total. The Labute approximate surface area is 106 Å². The fourth-order valence-corrected chi connectivity index (χ4v) is 1.54. The van der Waals surface area contributed by atoms with Gasteiger partial charge >= 0.3 is 6.36 Å². The van der Waals surface area contributed by atoms with Gasteiger partial charge in [0.1, 0.15) is 5.75 Å². The molecule has 0 bridgehead atoms. The van der Waals surface area contributed by atoms with E-state index in [0.29, 0.717) is 0 Å². The molecule has 0 saturated heterocycles. The molecule has 0 amide bonds. The Morgan fingerprint density at radius 1 is 1.50 bits per heavy atom. The summed E-state index contributed by atoms with van der Waals surface area (Å²) in [6, 6.07) is 2.76. The van der Waals surface area contributed by atoms with Gasteiger partial charge < -0.3 is 9.47 Å². The van der Waals surface area contributed by atoms with Gasteiger partial charge in [-0.25, -0.2) is 4.98 Å². The Bertz CT molecular complexity index is 471. The quantitative estimate of drug-likeness (QED) is 0.796. The van der Waals surface area contributed by atoms with Gasteiger partial charge in [0.2, 0.25) is 5.88 Å². The highest BCUT2D eigenvalue weighted by Crippen LogP contribution is 2.32. The van der Waals surface area contributed by atoms with E-state index in [1.165, 1.54) is 7.11 Å². The standard InChI is InChI=1S/C10H8ClF3N2O2/c1-17-9-4-8(18-10(12,13)14)6(5-11)7(16-9)2-3-15/h4H,2,5H2,1H3. The maximum Gasteiger partial charge on any atom is 0.573 e. The van der Waals surface area contributed by atoms with E-state index in [4.69, 9.17) is 21.6 Å². The number of pyridine rings is 1. The van der Waals surface area contributed by atoms with Crippen molar-refractivity contribution in [2.75, 3.05) is 7.11 Å². The molecule has 1 aromatic rings. The van der Waals surface area contributed by atoms with Crippen LogP contribution >= 0.6 is 11.6 Å². The van der Waals surface area contributed by atoms with Crippen LogP contribution in [-0.4, -0.2) is 18.5 Å². The zero-order chi connectivity index (χ0) is 13.8. The summed E-state index contributed by atoms with van der Waals surface area (Å²) < 4.78 is 45.2. The Morgan fingerprint density at radius 3 is 2.61 bits per heavy atom. The van der Waals surface area contributed by atoms with E-state index in [-0.39, 0.29) is 29.4 Å². The van der Waals surface area contributed by atoms with Gasteiger partial charge in [-0.1, -0.05) is 0 Å². The van der Waals surface area contributed by atoms with Crippen molar-refractivity contribution in [1.82, 2.24) is 4.98 Å². The van der Waals surface area contributed by atoms with Crippen molar-refractivity contribution >= 4 is 11.6 Å². The van der Waals surface area contributed by atoms with Gasteiger partial charge in [-0.05, 0) is 0 Å². The summed E-state index contributed by atoms with van der Waals surface area (Å²) in [5, 5.41) is 8.59. The van der Waals surface area contributed by atoms with E-state index >= 15 is 0 Å². The third-order valence-corrected chi connectivity index (χ3v) is 2.23. The van der Waals surface area contributed by atoms with Gasteiger partial charge in [-0.15, -0.1) is 24.8 Å². The van der Waals surface area contributed by atoms with Crippen molar-refractivity contribution in [3.05, 3.63) is 17.3 Å². The van der Waals surface area contributed by atoms with Crippen LogP contribution in [-0.2, 0) is 12.3 Å². The molecule has 0 fully saturated rings. The molecule has 8 heteroatoms. The van der Waals surface area contributed by atoms with Crippen LogP contribution in [0, 0.1) is 11.3 Å². The van der Waals surface area contributed by atoms with Crippen molar-refractivity contribution in [2.24, 2.45) is 0 Å². The van der Waals surface area contributed by atoms with E-state index in [2.05, 4.69) is 9.72 Å². The first-order chi connectivity index (χ1) is 8.41. The molecule has 1 aromatic heterocycles. The van der Waals surface area contributed by atoms with Crippen molar-refractivity contribution in [2.45, 2.75) is 18.7 Å². The Morgan fingerprint density at radius 2 is 2.17 bits per heavy atom. The fourth-order valence-electron chi connectivity index (χ4n) is 1.26. The molecule has 0 aliphatic carbocycles. The van der Waals surface area contributed by atoms with Crippen molar-refractivity contribution in [1.29, 1.82) is 5.26 Å². The van der Waals surface area contributed by atoms with Gasteiger partial charge in [0.25, 0.3) is 0 Å². The molecule has 18 heavy (non-hydrogen) atoms. The van der Waals surface area contributed by atoms with Crippen molar-refractivity contribution in [3.63, 3.8) is 0 Å². The largest absolute Gasteiger partial charge is 0.573 e. The summed E-state index contributed by atoms with van der Waals surface area (Å²) in [7, 11) is 1.25. The third-order valence-electron chi connectivity index (χ3n) is 1.96. The van der Waals surface area contributed by atoms with Gasteiger partial charge in [0, 0.05) is 11.6 Å². The second-order valence-electron chi connectivity index (χ2n) is 3.10. The fraction of sp³-hybridized carbons (Fsp3) is 0.400. The molecule has 1 heterocycles. The molecule has 0 aromatic carbocycles. The molecule has 0 atom stereocenters. The van der Waals surface area contributed by atoms with Gasteiger partial charge in [0.05, 0.1) is 31.2 Å². The van der Waals surface area contributed by atoms with E-state index in [1.807, 2.05) is 0 Å². The molecule has 1 rings (SSSR count). The van der Waals surface area contributed by atoms with E-state index in [9.17, 15) is 13.2 Å². The molecule has 0 radical (unpaired) electrons. The zero-order valence-electron chi connectivity index (χ0n) is 9.21. The highest BCUT2D eigenvalue weighted by Gasteiger charge is 2.33. The number of aromatic nitrogens is 1. The van der Waals surface area contributed by atoms with E-state index in [0.717, 1.165) is 6.07 Å². The van der Waals surface area contributed by atoms with Crippen LogP contribution in [0.4, 0.5) is 13.2 Å². The number of ether oxygens (including phenoxy) is 2. The summed E-state index contributed by atoms with van der Waals surface area (Å²) in [5.41, 5.74) is 0.127. The molecule has 0 unspecified atom stereocenters. The molecule has 0 aliphatic heterocycles. The number of hydrogen-bond acceptors (Lipinski definition) is 4. The van der Waals surface area contributed by atoms with E-state index < -0.39 is 12.1 Å². The smallest absolute Gasteiger partial charge is 0.481 e. The van der Waals surface area contributed by atoms with Crippen molar-refractivity contribution in [3.8, 4) is 17.7 Å². The van der Waals surface area contributed by atoms with Gasteiger partial charge in [0.15, 0.2) is 0 Å². The average Bonchev–Trinajstić information content (AvgIpc) is 2.27. The van der Waals surface area contributed by atoms with Gasteiger partial charge in [-0.2, -0.15) is 5.26 Å². The maximum absolute atomic E-state index is 12.2. The number of nitriles is 1. The molecule has 98 valence electrons. The minimum absolute atomic E-state index is 0.0244. The summed E-state index contributed by atoms with van der Waals surface area (Å²) >= 11 is 5.56. The Kier molecular flexibility index (Phi) is 4.62. The minimum atomic E-state index is -4.85. The maximum atomic E-state index is 12.2. The van der Waals surface area contributed by atoms with Crippen LogP contribution in [0.5, 0.6) is 11.6 Å². The molecule has 0 saturated carbocycles. The lowest BCUT2D eigenvalue weighted by Crippen LogP contribution is -2.19. The zero-order valence-corrected chi connectivity index (χ0v) is 9.97. The van der Waals surface area contributed by atoms with E-state index in [1.54, 1.807) is 6.07 Å². The molecule has 4 nitrogen and oxygen atoms in total. The average molecular weight is 281 g/mol. The molecule has 0 aliphatic rings. The SMILES string of the molecule is COc1cc(OC(F)(F)F)c(CCl)c(CC#N)n1. The topological polar surface area (TPSA) is 55.1 Å². The monoisotopic (exact) mass is 280 g/mol. The number of halogens is 4. The van der Waals surface area contributed by atoms with Crippen LogP contribution < -0.4 is 9.47 Å². The van der Waals surface area contributed by atoms with Gasteiger partial charge in [-0.3, -0.25) is 0 Å². The first-order valence-corrected chi connectivity index (χ1v) is 5.20. The van der Waals surface area contributed by atoms with Crippen molar-refractivity contribution < 1.29 is 22.6 Å². The highest BCUT2D eigenvalue weighted by atomic mass is 35.5. The lowest BCUT2D eigenvalue weighted by Gasteiger charge is -2.15. The summed E-state index contributed by atoms with van der Waals surface area (Å²) in [6.07, 6.45) is -5.04. The van der Waals surface area contributed by atoms with Crippen LogP contribution in [0.15, 0.2) is 6.07 Å². The molecular formula is C10H8ClF3N2O2. The Balaban J connectivity index is 3.29. The lowest BCUT2D eigenvalue weighted by atomic mass is 10.1. The first kappa shape index (κ1) is 14.4. The molecule has 0 spiro atoms. The highest BCUT2D eigenvalue weighted by molar-refractivity contribution is 6.17. The summed E-state index contributed by atoms with van der Waals surface area (Å²) in [5.74, 6) is -0.831. The normalized spacial score (nSPS) is 10.9. The number of rotatable bonds is 4. The second-order valence-corrected chi connectivity index (χ2v) is 3.37.